The van der Waals surface area contributed by atoms with Gasteiger partial charge in [0, 0.05) is 30.4 Å². The first kappa shape index (κ1) is 14.2. The summed E-state index contributed by atoms with van der Waals surface area (Å²) in [6, 6.07) is 9.01. The Bertz CT molecular complexity index is 404. The molecule has 106 valence electrons. The molecule has 1 aliphatic heterocycles. The van der Waals surface area contributed by atoms with Crippen molar-refractivity contribution in [2.24, 2.45) is 0 Å². The quantitative estimate of drug-likeness (QED) is 0.902. The van der Waals surface area contributed by atoms with Gasteiger partial charge in [-0.15, -0.1) is 0 Å². The van der Waals surface area contributed by atoms with Crippen LogP contribution in [-0.2, 0) is 0 Å². The molecule has 3 heteroatoms. The molecule has 1 saturated heterocycles. The van der Waals surface area contributed by atoms with E-state index in [0.29, 0.717) is 6.04 Å². The minimum atomic E-state index is 0.214. The predicted molar refractivity (Wildman–Crippen MR) is 81.1 cm³/mol. The van der Waals surface area contributed by atoms with E-state index >= 15 is 0 Å². The van der Waals surface area contributed by atoms with E-state index in [-0.39, 0.29) is 5.54 Å². The second-order valence-electron chi connectivity index (χ2n) is 5.68. The molecule has 1 aromatic rings. The van der Waals surface area contributed by atoms with Crippen LogP contribution < -0.4 is 15.0 Å². The average Bonchev–Trinajstić information content (AvgIpc) is 2.47. The molecule has 2 atom stereocenters. The summed E-state index contributed by atoms with van der Waals surface area (Å²) in [6.45, 7) is 8.96. The Balaban J connectivity index is 2.21. The van der Waals surface area contributed by atoms with E-state index < -0.39 is 0 Å². The number of anilines is 1. The molecule has 0 aliphatic carbocycles. The molecule has 1 heterocycles. The molecule has 1 fully saturated rings. The lowest BCUT2D eigenvalue weighted by molar-refractivity contribution is 0.276. The lowest BCUT2D eigenvalue weighted by Crippen LogP contribution is -2.62. The Morgan fingerprint density at radius 2 is 2.00 bits per heavy atom. The van der Waals surface area contributed by atoms with Gasteiger partial charge in [0.2, 0.25) is 0 Å². The Kier molecular flexibility index (Phi) is 4.35. The maximum Gasteiger partial charge on any atom is 0.119 e. The molecule has 2 rings (SSSR count). The second-order valence-corrected chi connectivity index (χ2v) is 5.68. The second kappa shape index (κ2) is 5.83. The van der Waals surface area contributed by atoms with Crippen molar-refractivity contribution in [3.63, 3.8) is 0 Å². The van der Waals surface area contributed by atoms with Gasteiger partial charge in [-0.05, 0) is 44.0 Å². The number of hydrogen-bond donors (Lipinski definition) is 1. The van der Waals surface area contributed by atoms with Crippen molar-refractivity contribution in [3.8, 4) is 5.75 Å². The molecule has 0 bridgehead atoms. The number of methoxy groups -OCH3 is 1. The zero-order valence-electron chi connectivity index (χ0n) is 12.6. The van der Waals surface area contributed by atoms with Gasteiger partial charge in [-0.25, -0.2) is 0 Å². The molecular weight excluding hydrogens is 236 g/mol. The van der Waals surface area contributed by atoms with Crippen LogP contribution in [0.4, 0.5) is 5.69 Å². The third kappa shape index (κ3) is 3.03. The molecule has 1 N–H and O–H groups in total. The molecule has 2 unspecified atom stereocenters. The summed E-state index contributed by atoms with van der Waals surface area (Å²) in [5.41, 5.74) is 1.51. The molecule has 0 amide bonds. The van der Waals surface area contributed by atoms with E-state index in [2.05, 4.69) is 43.1 Å². The fourth-order valence-corrected chi connectivity index (χ4v) is 2.71. The summed E-state index contributed by atoms with van der Waals surface area (Å²) in [5.74, 6) is 0.921. The van der Waals surface area contributed by atoms with Gasteiger partial charge in [-0.3, -0.25) is 0 Å². The molecular formula is C16H26N2O. The number of ether oxygens (including phenoxy) is 1. The fourth-order valence-electron chi connectivity index (χ4n) is 2.71. The lowest BCUT2D eigenvalue weighted by Gasteiger charge is -2.47. The summed E-state index contributed by atoms with van der Waals surface area (Å²) >= 11 is 0. The highest BCUT2D eigenvalue weighted by atomic mass is 16.5. The largest absolute Gasteiger partial charge is 0.497 e. The minimum Gasteiger partial charge on any atom is -0.497 e. The average molecular weight is 262 g/mol. The van der Waals surface area contributed by atoms with Gasteiger partial charge in [0.05, 0.1) is 7.11 Å². The first-order valence-electron chi connectivity index (χ1n) is 7.27. The highest BCUT2D eigenvalue weighted by molar-refractivity contribution is 5.51. The highest BCUT2D eigenvalue weighted by Crippen LogP contribution is 2.27. The van der Waals surface area contributed by atoms with Crippen molar-refractivity contribution in [3.05, 3.63) is 24.3 Å². The maximum absolute atomic E-state index is 5.24. The van der Waals surface area contributed by atoms with E-state index in [1.807, 2.05) is 12.1 Å². The van der Waals surface area contributed by atoms with Gasteiger partial charge in [-0.2, -0.15) is 0 Å². The SMILES string of the molecule is CCC1CNC(C)(CC)CN1c1ccc(OC)cc1. The van der Waals surface area contributed by atoms with Crippen LogP contribution in [0.2, 0.25) is 0 Å². The minimum absolute atomic E-state index is 0.214. The van der Waals surface area contributed by atoms with Crippen LogP contribution in [0, 0.1) is 0 Å². The summed E-state index contributed by atoms with van der Waals surface area (Å²) in [7, 11) is 1.71. The molecule has 0 spiro atoms. The van der Waals surface area contributed by atoms with Gasteiger partial charge in [0.15, 0.2) is 0 Å². The van der Waals surface area contributed by atoms with Crippen LogP contribution in [0.3, 0.4) is 0 Å². The van der Waals surface area contributed by atoms with Crippen LogP contribution in [0.1, 0.15) is 33.6 Å². The topological polar surface area (TPSA) is 24.5 Å². The van der Waals surface area contributed by atoms with E-state index in [1.165, 1.54) is 12.1 Å². The molecule has 0 saturated carbocycles. The number of nitrogens with one attached hydrogen (secondary N) is 1. The third-order valence-corrected chi connectivity index (χ3v) is 4.38. The molecule has 1 aliphatic rings. The van der Waals surface area contributed by atoms with Crippen molar-refractivity contribution in [1.82, 2.24) is 5.32 Å². The van der Waals surface area contributed by atoms with Crippen LogP contribution in [0.15, 0.2) is 24.3 Å². The van der Waals surface area contributed by atoms with Crippen molar-refractivity contribution < 1.29 is 4.74 Å². The first-order valence-corrected chi connectivity index (χ1v) is 7.27. The summed E-state index contributed by atoms with van der Waals surface area (Å²) < 4.78 is 5.24. The standard InChI is InChI=1S/C16H26N2O/c1-5-13-11-17-16(3,6-2)12-18(13)14-7-9-15(19-4)10-8-14/h7-10,13,17H,5-6,11-12H2,1-4H3. The first-order chi connectivity index (χ1) is 9.11. The summed E-state index contributed by atoms with van der Waals surface area (Å²) in [6.07, 6.45) is 2.31. The monoisotopic (exact) mass is 262 g/mol. The molecule has 19 heavy (non-hydrogen) atoms. The van der Waals surface area contributed by atoms with Gasteiger partial charge >= 0.3 is 0 Å². The molecule has 3 nitrogen and oxygen atoms in total. The van der Waals surface area contributed by atoms with Gasteiger partial charge < -0.3 is 15.0 Å². The Hall–Kier alpha value is -1.22. The summed E-state index contributed by atoms with van der Waals surface area (Å²) in [4.78, 5) is 2.54. The third-order valence-electron chi connectivity index (χ3n) is 4.38. The van der Waals surface area contributed by atoms with Crippen molar-refractivity contribution in [1.29, 1.82) is 0 Å². The van der Waals surface area contributed by atoms with E-state index in [9.17, 15) is 0 Å². The number of nitrogens with zero attached hydrogens (tertiary/aromatic N) is 1. The molecule has 0 radical (unpaired) electrons. The predicted octanol–water partition coefficient (Wildman–Crippen LogP) is 3.05. The van der Waals surface area contributed by atoms with Gasteiger partial charge in [-0.1, -0.05) is 13.8 Å². The Labute approximate surface area is 116 Å². The Morgan fingerprint density at radius 1 is 1.32 bits per heavy atom. The lowest BCUT2D eigenvalue weighted by atomic mass is 9.92. The van der Waals surface area contributed by atoms with Crippen LogP contribution >= 0.6 is 0 Å². The van der Waals surface area contributed by atoms with E-state index in [4.69, 9.17) is 4.74 Å². The number of hydrogen-bond acceptors (Lipinski definition) is 3. The van der Waals surface area contributed by atoms with Crippen LogP contribution in [0.25, 0.3) is 0 Å². The number of piperazine rings is 1. The smallest absolute Gasteiger partial charge is 0.119 e. The van der Waals surface area contributed by atoms with Crippen molar-refractivity contribution in [2.75, 3.05) is 25.1 Å². The Morgan fingerprint density at radius 3 is 2.53 bits per heavy atom. The summed E-state index contributed by atoms with van der Waals surface area (Å²) in [5, 5.41) is 3.70. The fraction of sp³-hybridized carbons (Fsp3) is 0.625. The van der Waals surface area contributed by atoms with Gasteiger partial charge in [0.25, 0.3) is 0 Å². The van der Waals surface area contributed by atoms with E-state index in [0.717, 1.165) is 25.3 Å². The molecule has 1 aromatic carbocycles. The van der Waals surface area contributed by atoms with Crippen molar-refractivity contribution >= 4 is 5.69 Å². The number of rotatable bonds is 4. The van der Waals surface area contributed by atoms with Crippen molar-refractivity contribution in [2.45, 2.75) is 45.2 Å². The van der Waals surface area contributed by atoms with Gasteiger partial charge in [0.1, 0.15) is 5.75 Å². The zero-order chi connectivity index (χ0) is 13.9. The highest BCUT2D eigenvalue weighted by Gasteiger charge is 2.33. The van der Waals surface area contributed by atoms with Crippen LogP contribution in [0.5, 0.6) is 5.75 Å². The van der Waals surface area contributed by atoms with Crippen LogP contribution in [-0.4, -0.2) is 31.8 Å². The zero-order valence-corrected chi connectivity index (χ0v) is 12.6. The molecule has 0 aromatic heterocycles. The normalized spacial score (nSPS) is 27.4. The maximum atomic E-state index is 5.24. The number of benzene rings is 1. The van der Waals surface area contributed by atoms with E-state index in [1.54, 1.807) is 7.11 Å².